The first-order chi connectivity index (χ1) is 8.34. The summed E-state index contributed by atoms with van der Waals surface area (Å²) in [7, 11) is 0. The fourth-order valence-electron chi connectivity index (χ4n) is 4.52. The Balaban J connectivity index is 1.56. The maximum Gasteiger partial charge on any atom is 0.0695 e. The monoisotopic (exact) mass is 237 g/mol. The summed E-state index contributed by atoms with van der Waals surface area (Å²) in [6, 6.07) is 0.819. The fourth-order valence-corrected chi connectivity index (χ4v) is 4.52. The minimum absolute atomic E-state index is 0.0446. The van der Waals surface area contributed by atoms with Crippen LogP contribution in [0.25, 0.3) is 0 Å². The third kappa shape index (κ3) is 2.53. The molecule has 98 valence electrons. The molecule has 1 aliphatic heterocycles. The minimum atomic E-state index is -0.0446. The molecule has 1 saturated heterocycles. The molecule has 3 rings (SSSR count). The standard InChI is InChI=1S/C15H27NO/c17-15(13-5-1-2-6-13)11-16-10-4-8-12-7-3-9-14(12)16/h12-15,17H,1-11H2. The lowest BCUT2D eigenvalue weighted by Gasteiger charge is -2.39. The maximum atomic E-state index is 10.4. The fraction of sp³-hybridized carbons (Fsp3) is 1.00. The van der Waals surface area contributed by atoms with Crippen LogP contribution in [0, 0.1) is 11.8 Å². The van der Waals surface area contributed by atoms with Gasteiger partial charge < -0.3 is 5.11 Å². The summed E-state index contributed by atoms with van der Waals surface area (Å²) >= 11 is 0. The second kappa shape index (κ2) is 5.27. The lowest BCUT2D eigenvalue weighted by Crippen LogP contribution is -2.47. The molecule has 3 aliphatic rings. The van der Waals surface area contributed by atoms with Crippen LogP contribution >= 0.6 is 0 Å². The van der Waals surface area contributed by atoms with Gasteiger partial charge >= 0.3 is 0 Å². The summed E-state index contributed by atoms with van der Waals surface area (Å²) in [4.78, 5) is 2.63. The zero-order chi connectivity index (χ0) is 11.7. The molecule has 17 heavy (non-hydrogen) atoms. The Hall–Kier alpha value is -0.0800. The number of fused-ring (bicyclic) bond motifs is 1. The predicted molar refractivity (Wildman–Crippen MR) is 69.9 cm³/mol. The first-order valence-electron chi connectivity index (χ1n) is 7.77. The Morgan fingerprint density at radius 3 is 2.53 bits per heavy atom. The molecule has 3 unspecified atom stereocenters. The zero-order valence-corrected chi connectivity index (χ0v) is 11.0. The van der Waals surface area contributed by atoms with Gasteiger partial charge in [0, 0.05) is 12.6 Å². The van der Waals surface area contributed by atoms with Crippen LogP contribution in [0.4, 0.5) is 0 Å². The van der Waals surface area contributed by atoms with Crippen molar-refractivity contribution >= 4 is 0 Å². The van der Waals surface area contributed by atoms with Gasteiger partial charge in [-0.15, -0.1) is 0 Å². The van der Waals surface area contributed by atoms with E-state index in [0.29, 0.717) is 5.92 Å². The molecule has 2 saturated carbocycles. The third-order valence-electron chi connectivity index (χ3n) is 5.47. The van der Waals surface area contributed by atoms with E-state index in [9.17, 15) is 5.11 Å². The van der Waals surface area contributed by atoms with Crippen molar-refractivity contribution in [1.82, 2.24) is 4.90 Å². The minimum Gasteiger partial charge on any atom is -0.392 e. The van der Waals surface area contributed by atoms with Crippen LogP contribution in [0.15, 0.2) is 0 Å². The van der Waals surface area contributed by atoms with Crippen LogP contribution in [-0.2, 0) is 0 Å². The average Bonchev–Trinajstić information content (AvgIpc) is 3.00. The van der Waals surface area contributed by atoms with Gasteiger partial charge in [-0.25, -0.2) is 0 Å². The SMILES string of the molecule is OC(CN1CCCC2CCCC21)C1CCCC1. The van der Waals surface area contributed by atoms with E-state index in [1.165, 1.54) is 64.3 Å². The molecule has 0 amide bonds. The van der Waals surface area contributed by atoms with Gasteiger partial charge in [-0.2, -0.15) is 0 Å². The number of aliphatic hydroxyl groups is 1. The molecule has 3 fully saturated rings. The van der Waals surface area contributed by atoms with E-state index in [1.807, 2.05) is 0 Å². The lowest BCUT2D eigenvalue weighted by molar-refractivity contribution is 0.0244. The first kappa shape index (κ1) is 12.0. The van der Waals surface area contributed by atoms with E-state index in [4.69, 9.17) is 0 Å². The topological polar surface area (TPSA) is 23.5 Å². The van der Waals surface area contributed by atoms with Crippen molar-refractivity contribution in [3.05, 3.63) is 0 Å². The summed E-state index contributed by atoms with van der Waals surface area (Å²) in [6.45, 7) is 2.21. The number of nitrogens with zero attached hydrogens (tertiary/aromatic N) is 1. The second-order valence-electron chi connectivity index (χ2n) is 6.51. The molecule has 1 N–H and O–H groups in total. The molecule has 0 aromatic rings. The van der Waals surface area contributed by atoms with E-state index in [1.54, 1.807) is 0 Å². The Bertz CT molecular complexity index is 249. The van der Waals surface area contributed by atoms with E-state index in [2.05, 4.69) is 4.90 Å². The summed E-state index contributed by atoms with van der Waals surface area (Å²) in [5.41, 5.74) is 0. The van der Waals surface area contributed by atoms with Gasteiger partial charge in [-0.05, 0) is 56.9 Å². The summed E-state index contributed by atoms with van der Waals surface area (Å²) in [5.74, 6) is 1.57. The van der Waals surface area contributed by atoms with Gasteiger partial charge in [0.25, 0.3) is 0 Å². The smallest absolute Gasteiger partial charge is 0.0695 e. The van der Waals surface area contributed by atoms with Gasteiger partial charge in [-0.1, -0.05) is 19.3 Å². The molecule has 0 aromatic heterocycles. The van der Waals surface area contributed by atoms with Crippen LogP contribution in [0.5, 0.6) is 0 Å². The molecule has 2 aliphatic carbocycles. The summed E-state index contributed by atoms with van der Waals surface area (Å²) < 4.78 is 0. The first-order valence-corrected chi connectivity index (χ1v) is 7.77. The summed E-state index contributed by atoms with van der Waals surface area (Å²) in [6.07, 6.45) is 12.2. The average molecular weight is 237 g/mol. The zero-order valence-electron chi connectivity index (χ0n) is 11.0. The van der Waals surface area contributed by atoms with Crippen LogP contribution in [0.2, 0.25) is 0 Å². The van der Waals surface area contributed by atoms with Crippen molar-refractivity contribution in [3.8, 4) is 0 Å². The highest BCUT2D eigenvalue weighted by Gasteiger charge is 2.36. The second-order valence-corrected chi connectivity index (χ2v) is 6.51. The highest BCUT2D eigenvalue weighted by atomic mass is 16.3. The largest absolute Gasteiger partial charge is 0.392 e. The summed E-state index contributed by atoms with van der Waals surface area (Å²) in [5, 5.41) is 10.4. The number of likely N-dealkylation sites (tertiary alicyclic amines) is 1. The number of rotatable bonds is 3. The van der Waals surface area contributed by atoms with Crippen LogP contribution in [0.3, 0.4) is 0 Å². The molecule has 0 spiro atoms. The normalized spacial score (nSPS) is 37.2. The maximum absolute atomic E-state index is 10.4. The Labute approximate surface area is 105 Å². The van der Waals surface area contributed by atoms with Gasteiger partial charge in [0.1, 0.15) is 0 Å². The van der Waals surface area contributed by atoms with Crippen molar-refractivity contribution in [2.75, 3.05) is 13.1 Å². The number of hydrogen-bond acceptors (Lipinski definition) is 2. The van der Waals surface area contributed by atoms with E-state index in [0.717, 1.165) is 18.5 Å². The number of aliphatic hydroxyl groups excluding tert-OH is 1. The van der Waals surface area contributed by atoms with Gasteiger partial charge in [0.15, 0.2) is 0 Å². The molecule has 0 aromatic carbocycles. The number of hydrogen-bond donors (Lipinski definition) is 1. The molecule has 0 radical (unpaired) electrons. The predicted octanol–water partition coefficient (Wildman–Crippen LogP) is 2.80. The van der Waals surface area contributed by atoms with Crippen molar-refractivity contribution in [1.29, 1.82) is 0 Å². The Kier molecular flexibility index (Phi) is 3.72. The van der Waals surface area contributed by atoms with Gasteiger partial charge in [0.2, 0.25) is 0 Å². The van der Waals surface area contributed by atoms with Crippen LogP contribution in [-0.4, -0.2) is 35.2 Å². The molecule has 1 heterocycles. The highest BCUT2D eigenvalue weighted by Crippen LogP contribution is 2.37. The Morgan fingerprint density at radius 1 is 0.941 bits per heavy atom. The molecule has 2 nitrogen and oxygen atoms in total. The van der Waals surface area contributed by atoms with Crippen LogP contribution in [0.1, 0.15) is 57.8 Å². The van der Waals surface area contributed by atoms with Gasteiger partial charge in [-0.3, -0.25) is 4.90 Å². The molecular formula is C15H27NO. The van der Waals surface area contributed by atoms with E-state index in [-0.39, 0.29) is 6.10 Å². The Morgan fingerprint density at radius 2 is 1.71 bits per heavy atom. The van der Waals surface area contributed by atoms with Crippen LogP contribution < -0.4 is 0 Å². The van der Waals surface area contributed by atoms with Crippen molar-refractivity contribution < 1.29 is 5.11 Å². The van der Waals surface area contributed by atoms with Gasteiger partial charge in [0.05, 0.1) is 6.10 Å². The highest BCUT2D eigenvalue weighted by molar-refractivity contribution is 4.90. The number of piperidine rings is 1. The van der Waals surface area contributed by atoms with Crippen molar-refractivity contribution in [2.45, 2.75) is 69.9 Å². The molecule has 0 bridgehead atoms. The third-order valence-corrected chi connectivity index (χ3v) is 5.47. The molecule has 2 heteroatoms. The molecular weight excluding hydrogens is 210 g/mol. The number of β-amino-alcohol motifs (C(OH)–C–C–N with tert-alkyl or cyclic N) is 1. The van der Waals surface area contributed by atoms with Crippen molar-refractivity contribution in [2.24, 2.45) is 11.8 Å². The van der Waals surface area contributed by atoms with E-state index >= 15 is 0 Å². The lowest BCUT2D eigenvalue weighted by atomic mass is 9.90. The van der Waals surface area contributed by atoms with E-state index < -0.39 is 0 Å². The van der Waals surface area contributed by atoms with Crippen molar-refractivity contribution in [3.63, 3.8) is 0 Å². The molecule has 3 atom stereocenters. The quantitative estimate of drug-likeness (QED) is 0.816.